The van der Waals surface area contributed by atoms with Crippen molar-refractivity contribution in [2.24, 2.45) is 5.73 Å². The van der Waals surface area contributed by atoms with Gasteiger partial charge >= 0.3 is 0 Å². The Balaban J connectivity index is 1.97. The highest BCUT2D eigenvalue weighted by Crippen LogP contribution is 2.22. The number of aromatic nitrogens is 1. The van der Waals surface area contributed by atoms with E-state index in [-0.39, 0.29) is 23.1 Å². The molecule has 0 aromatic carbocycles. The van der Waals surface area contributed by atoms with Crippen LogP contribution in [0.25, 0.3) is 0 Å². The fourth-order valence-corrected chi connectivity index (χ4v) is 3.62. The maximum Gasteiger partial charge on any atom is 0.271 e. The Bertz CT molecular complexity index is 475. The van der Waals surface area contributed by atoms with E-state index in [1.807, 2.05) is 0 Å². The van der Waals surface area contributed by atoms with E-state index in [9.17, 15) is 9.59 Å². The highest BCUT2D eigenvalue weighted by Gasteiger charge is 2.27. The number of amides is 1. The highest BCUT2D eigenvalue weighted by molar-refractivity contribution is 8.14. The van der Waals surface area contributed by atoms with Crippen LogP contribution in [0.4, 0.5) is 0 Å². The van der Waals surface area contributed by atoms with Crippen LogP contribution >= 0.6 is 23.1 Å². The quantitative estimate of drug-likeness (QED) is 0.864. The lowest BCUT2D eigenvalue weighted by atomic mass is 10.2. The molecule has 104 valence electrons. The van der Waals surface area contributed by atoms with Gasteiger partial charge in [0.2, 0.25) is 5.12 Å². The minimum atomic E-state index is -0.369. The van der Waals surface area contributed by atoms with E-state index in [0.29, 0.717) is 12.1 Å². The number of thioether (sulfide) groups is 1. The van der Waals surface area contributed by atoms with Gasteiger partial charge in [0.1, 0.15) is 10.7 Å². The Hall–Kier alpha value is -0.920. The maximum absolute atomic E-state index is 12.0. The third kappa shape index (κ3) is 3.55. The summed E-state index contributed by atoms with van der Waals surface area (Å²) in [6, 6.07) is -0.479. The van der Waals surface area contributed by atoms with Crippen LogP contribution in [0.15, 0.2) is 5.38 Å². The molecule has 0 spiro atoms. The molecule has 0 radical (unpaired) electrons. The number of nitrogens with two attached hydrogens (primary N) is 1. The average molecular weight is 299 g/mol. The van der Waals surface area contributed by atoms with Gasteiger partial charge in [0, 0.05) is 11.1 Å². The molecule has 0 bridgehead atoms. The normalized spacial score (nSPS) is 20.5. The molecule has 1 aromatic heterocycles. The van der Waals surface area contributed by atoms with Crippen molar-refractivity contribution in [2.75, 3.05) is 5.75 Å². The zero-order chi connectivity index (χ0) is 13.8. The van der Waals surface area contributed by atoms with E-state index in [4.69, 9.17) is 5.73 Å². The highest BCUT2D eigenvalue weighted by atomic mass is 32.2. The summed E-state index contributed by atoms with van der Waals surface area (Å²) in [5.41, 5.74) is 6.32. The molecule has 2 unspecified atom stereocenters. The molecule has 1 aromatic rings. The summed E-state index contributed by atoms with van der Waals surface area (Å²) in [6.07, 6.45) is 2.53. The number of hydrogen-bond acceptors (Lipinski definition) is 6. The van der Waals surface area contributed by atoms with Crippen LogP contribution in [0.1, 0.15) is 47.7 Å². The summed E-state index contributed by atoms with van der Waals surface area (Å²) in [6.45, 7) is 2.06. The van der Waals surface area contributed by atoms with Crippen LogP contribution in [-0.4, -0.2) is 27.8 Å². The molecular formula is C12H17N3O2S2. The van der Waals surface area contributed by atoms with Crippen molar-refractivity contribution in [1.82, 2.24) is 10.3 Å². The van der Waals surface area contributed by atoms with Crippen LogP contribution in [0.5, 0.6) is 0 Å². The molecule has 2 atom stereocenters. The lowest BCUT2D eigenvalue weighted by Crippen LogP contribution is -2.37. The molecule has 7 heteroatoms. The number of carbonyl (C=O) groups excluding carboxylic acids is 2. The molecule has 2 heterocycles. The summed E-state index contributed by atoms with van der Waals surface area (Å²) in [5, 5.41) is 5.24. The zero-order valence-electron chi connectivity index (χ0n) is 10.7. The van der Waals surface area contributed by atoms with Crippen molar-refractivity contribution in [3.8, 4) is 0 Å². The SMILES string of the molecule is CCCC(N)c1nc(C(=O)NC2CCSC2=O)cs1. The molecule has 5 nitrogen and oxygen atoms in total. The van der Waals surface area contributed by atoms with Crippen molar-refractivity contribution in [2.45, 2.75) is 38.3 Å². The Kier molecular flexibility index (Phi) is 4.95. The number of thiazole rings is 1. The van der Waals surface area contributed by atoms with Crippen molar-refractivity contribution in [3.63, 3.8) is 0 Å². The van der Waals surface area contributed by atoms with Gasteiger partial charge in [-0.2, -0.15) is 0 Å². The van der Waals surface area contributed by atoms with Crippen LogP contribution < -0.4 is 11.1 Å². The predicted octanol–water partition coefficient (Wildman–Crippen LogP) is 1.70. The Morgan fingerprint density at radius 1 is 1.68 bits per heavy atom. The van der Waals surface area contributed by atoms with Crippen molar-refractivity contribution in [3.05, 3.63) is 16.1 Å². The van der Waals surface area contributed by atoms with Gasteiger partial charge < -0.3 is 11.1 Å². The number of rotatable bonds is 5. The van der Waals surface area contributed by atoms with E-state index in [0.717, 1.165) is 23.6 Å². The van der Waals surface area contributed by atoms with Gasteiger partial charge in [-0.05, 0) is 12.8 Å². The molecule has 0 saturated carbocycles. The number of nitrogens with zero attached hydrogens (tertiary/aromatic N) is 1. The number of carbonyl (C=O) groups is 2. The second kappa shape index (κ2) is 6.49. The molecule has 3 N–H and O–H groups in total. The predicted molar refractivity (Wildman–Crippen MR) is 77.3 cm³/mol. The van der Waals surface area contributed by atoms with E-state index in [2.05, 4.69) is 17.2 Å². The molecule has 1 saturated heterocycles. The second-order valence-corrected chi connectivity index (χ2v) is 6.44. The molecule has 1 amide bonds. The third-order valence-electron chi connectivity index (χ3n) is 2.91. The zero-order valence-corrected chi connectivity index (χ0v) is 12.4. The van der Waals surface area contributed by atoms with Crippen LogP contribution in [-0.2, 0) is 4.79 Å². The van der Waals surface area contributed by atoms with Gasteiger partial charge in [0.25, 0.3) is 5.91 Å². The fraction of sp³-hybridized carbons (Fsp3) is 0.583. The first-order chi connectivity index (χ1) is 9.11. The van der Waals surface area contributed by atoms with E-state index in [1.165, 1.54) is 23.1 Å². The third-order valence-corrected chi connectivity index (χ3v) is 4.90. The first-order valence-electron chi connectivity index (χ1n) is 6.30. The summed E-state index contributed by atoms with van der Waals surface area (Å²) >= 11 is 2.67. The van der Waals surface area contributed by atoms with Gasteiger partial charge in [-0.3, -0.25) is 9.59 Å². The topological polar surface area (TPSA) is 85.1 Å². The number of hydrogen-bond donors (Lipinski definition) is 2. The summed E-state index contributed by atoms with van der Waals surface area (Å²) in [4.78, 5) is 27.7. The standard InChI is InChI=1S/C12H17N3O2S2/c1-2-3-7(13)11-15-9(6-19-11)10(16)14-8-4-5-18-12(8)17/h6-8H,2-5,13H2,1H3,(H,14,16). The Morgan fingerprint density at radius 2 is 2.47 bits per heavy atom. The molecule has 0 aliphatic carbocycles. The minimum Gasteiger partial charge on any atom is -0.340 e. The Morgan fingerprint density at radius 3 is 3.11 bits per heavy atom. The van der Waals surface area contributed by atoms with E-state index in [1.54, 1.807) is 5.38 Å². The van der Waals surface area contributed by atoms with Gasteiger partial charge in [-0.25, -0.2) is 4.98 Å². The maximum atomic E-state index is 12.0. The fourth-order valence-electron chi connectivity index (χ4n) is 1.86. The van der Waals surface area contributed by atoms with Crippen molar-refractivity contribution in [1.29, 1.82) is 0 Å². The first-order valence-corrected chi connectivity index (χ1v) is 8.16. The molecule has 2 rings (SSSR count). The Labute approximate surface area is 120 Å². The van der Waals surface area contributed by atoms with Crippen LogP contribution in [0.2, 0.25) is 0 Å². The average Bonchev–Trinajstić information content (AvgIpc) is 2.99. The van der Waals surface area contributed by atoms with Gasteiger partial charge in [-0.1, -0.05) is 25.1 Å². The van der Waals surface area contributed by atoms with Crippen molar-refractivity contribution < 1.29 is 9.59 Å². The van der Waals surface area contributed by atoms with E-state index >= 15 is 0 Å². The van der Waals surface area contributed by atoms with Gasteiger partial charge in [0.15, 0.2) is 0 Å². The summed E-state index contributed by atoms with van der Waals surface area (Å²) < 4.78 is 0. The van der Waals surface area contributed by atoms with Crippen molar-refractivity contribution >= 4 is 34.1 Å². The summed E-state index contributed by atoms with van der Waals surface area (Å²) in [5.74, 6) is 0.486. The lowest BCUT2D eigenvalue weighted by Gasteiger charge is -2.08. The first kappa shape index (κ1) is 14.5. The minimum absolute atomic E-state index is 0.0338. The molecular weight excluding hydrogens is 282 g/mol. The summed E-state index contributed by atoms with van der Waals surface area (Å²) in [7, 11) is 0. The van der Waals surface area contributed by atoms with Gasteiger partial charge in [-0.15, -0.1) is 11.3 Å². The van der Waals surface area contributed by atoms with Crippen LogP contribution in [0, 0.1) is 0 Å². The molecule has 19 heavy (non-hydrogen) atoms. The van der Waals surface area contributed by atoms with Crippen LogP contribution in [0.3, 0.4) is 0 Å². The largest absolute Gasteiger partial charge is 0.340 e. The van der Waals surface area contributed by atoms with E-state index < -0.39 is 0 Å². The monoisotopic (exact) mass is 299 g/mol. The van der Waals surface area contributed by atoms with Gasteiger partial charge in [0.05, 0.1) is 12.1 Å². The number of nitrogens with one attached hydrogen (secondary N) is 1. The molecule has 1 aliphatic rings. The smallest absolute Gasteiger partial charge is 0.271 e. The second-order valence-electron chi connectivity index (χ2n) is 4.45. The molecule has 1 aliphatic heterocycles. The molecule has 1 fully saturated rings. The lowest BCUT2D eigenvalue weighted by molar-refractivity contribution is -0.112.